The maximum absolute atomic E-state index is 7.69. The van der Waals surface area contributed by atoms with Crippen LogP contribution in [0.15, 0.2) is 23.6 Å². The molecule has 1 aliphatic rings. The van der Waals surface area contributed by atoms with Crippen LogP contribution in [0.1, 0.15) is 21.7 Å². The molecule has 0 aromatic carbocycles. The fraction of sp³-hybridized carbons (Fsp3) is 0.286. The third-order valence-corrected chi connectivity index (χ3v) is 4.43. The van der Waals surface area contributed by atoms with Gasteiger partial charge in [0.25, 0.3) is 0 Å². The smallest absolute Gasteiger partial charge is 0.140 e. The Kier molecular flexibility index (Phi) is 2.98. The molecule has 0 radical (unpaired) electrons. The summed E-state index contributed by atoms with van der Waals surface area (Å²) < 4.78 is 0. The Bertz CT molecular complexity index is 632. The molecule has 3 N–H and O–H groups in total. The second-order valence-electron chi connectivity index (χ2n) is 4.78. The third kappa shape index (κ3) is 2.21. The van der Waals surface area contributed by atoms with Gasteiger partial charge in [0.2, 0.25) is 0 Å². The first-order chi connectivity index (χ1) is 9.15. The van der Waals surface area contributed by atoms with Crippen LogP contribution in [0.5, 0.6) is 0 Å². The number of rotatable bonds is 2. The molecular weight excluding hydrogens is 256 g/mol. The highest BCUT2D eigenvalue weighted by Gasteiger charge is 2.21. The van der Waals surface area contributed by atoms with Crippen LogP contribution in [-0.2, 0) is 13.0 Å². The topological polar surface area (TPSA) is 66.0 Å². The number of hydrogen-bond donors (Lipinski definition) is 2. The van der Waals surface area contributed by atoms with E-state index >= 15 is 0 Å². The van der Waals surface area contributed by atoms with Gasteiger partial charge in [0, 0.05) is 23.7 Å². The highest BCUT2D eigenvalue weighted by molar-refractivity contribution is 7.10. The molecule has 98 valence electrons. The molecular formula is C14H16N4S. The molecule has 2 aromatic heterocycles. The number of fused-ring (bicyclic) bond motifs is 1. The van der Waals surface area contributed by atoms with Crippen molar-refractivity contribution >= 4 is 23.0 Å². The Labute approximate surface area is 116 Å². The first kappa shape index (κ1) is 12.2. The Hall–Kier alpha value is -1.88. The zero-order valence-electron chi connectivity index (χ0n) is 10.8. The van der Waals surface area contributed by atoms with Gasteiger partial charge >= 0.3 is 0 Å². The van der Waals surface area contributed by atoms with Gasteiger partial charge in [-0.25, -0.2) is 4.98 Å². The summed E-state index contributed by atoms with van der Waals surface area (Å²) in [5.74, 6) is 0.919. The fourth-order valence-electron chi connectivity index (χ4n) is 2.42. The van der Waals surface area contributed by atoms with Gasteiger partial charge in [0.05, 0.1) is 5.56 Å². The molecule has 0 atom stereocenters. The number of hydrogen-bond acceptors (Lipinski definition) is 4. The van der Waals surface area contributed by atoms with E-state index in [9.17, 15) is 0 Å². The number of thiophene rings is 1. The van der Waals surface area contributed by atoms with Crippen LogP contribution in [0.2, 0.25) is 0 Å². The van der Waals surface area contributed by atoms with Gasteiger partial charge < -0.3 is 10.6 Å². The molecule has 19 heavy (non-hydrogen) atoms. The van der Waals surface area contributed by atoms with Crippen molar-refractivity contribution in [2.24, 2.45) is 5.73 Å². The van der Waals surface area contributed by atoms with Crippen LogP contribution < -0.4 is 10.6 Å². The van der Waals surface area contributed by atoms with Gasteiger partial charge in [-0.3, -0.25) is 5.41 Å². The summed E-state index contributed by atoms with van der Waals surface area (Å²) in [7, 11) is 0. The van der Waals surface area contributed by atoms with Gasteiger partial charge in [-0.1, -0.05) is 0 Å². The summed E-state index contributed by atoms with van der Waals surface area (Å²) in [5.41, 5.74) is 8.72. The lowest BCUT2D eigenvalue weighted by Gasteiger charge is -2.29. The highest BCUT2D eigenvalue weighted by Crippen LogP contribution is 2.28. The number of aryl methyl sites for hydroxylation is 1. The van der Waals surface area contributed by atoms with Gasteiger partial charge in [-0.2, -0.15) is 0 Å². The number of pyridine rings is 1. The van der Waals surface area contributed by atoms with Crippen molar-refractivity contribution in [3.05, 3.63) is 45.3 Å². The summed E-state index contributed by atoms with van der Waals surface area (Å²) in [4.78, 5) is 8.27. The van der Waals surface area contributed by atoms with Crippen LogP contribution in [0, 0.1) is 12.3 Å². The summed E-state index contributed by atoms with van der Waals surface area (Å²) >= 11 is 1.82. The summed E-state index contributed by atoms with van der Waals surface area (Å²) in [6.45, 7) is 3.76. The average Bonchev–Trinajstić information content (AvgIpc) is 2.85. The van der Waals surface area contributed by atoms with E-state index in [-0.39, 0.29) is 5.84 Å². The molecule has 3 rings (SSSR count). The molecule has 0 saturated carbocycles. The van der Waals surface area contributed by atoms with Gasteiger partial charge in [-0.15, -0.1) is 11.3 Å². The summed E-state index contributed by atoms with van der Waals surface area (Å²) in [5, 5.41) is 9.84. The Morgan fingerprint density at radius 1 is 1.42 bits per heavy atom. The lowest BCUT2D eigenvalue weighted by atomic mass is 10.1. The Morgan fingerprint density at radius 3 is 3.05 bits per heavy atom. The lowest BCUT2D eigenvalue weighted by Crippen LogP contribution is -2.32. The molecule has 0 fully saturated rings. The number of anilines is 1. The summed E-state index contributed by atoms with van der Waals surface area (Å²) in [6, 6.07) is 5.97. The van der Waals surface area contributed by atoms with Crippen molar-refractivity contribution in [2.45, 2.75) is 19.9 Å². The lowest BCUT2D eigenvalue weighted by molar-refractivity contribution is 0.729. The van der Waals surface area contributed by atoms with Crippen molar-refractivity contribution in [3.8, 4) is 0 Å². The third-order valence-electron chi connectivity index (χ3n) is 3.41. The van der Waals surface area contributed by atoms with E-state index in [1.807, 2.05) is 30.4 Å². The first-order valence-electron chi connectivity index (χ1n) is 6.27. The molecule has 2 aromatic rings. The maximum atomic E-state index is 7.69. The SMILES string of the molecule is Cc1ccc(C(=N)N)c(N2CCc3sccc3C2)n1. The maximum Gasteiger partial charge on any atom is 0.140 e. The van der Waals surface area contributed by atoms with Crippen LogP contribution in [0.3, 0.4) is 0 Å². The van der Waals surface area contributed by atoms with Crippen molar-refractivity contribution in [2.75, 3.05) is 11.4 Å². The predicted molar refractivity (Wildman–Crippen MR) is 79.1 cm³/mol. The largest absolute Gasteiger partial charge is 0.384 e. The molecule has 4 nitrogen and oxygen atoms in total. The molecule has 5 heteroatoms. The van der Waals surface area contributed by atoms with Crippen LogP contribution >= 0.6 is 11.3 Å². The van der Waals surface area contributed by atoms with Crippen molar-refractivity contribution < 1.29 is 0 Å². The number of nitrogens with zero attached hydrogens (tertiary/aromatic N) is 2. The molecule has 0 spiro atoms. The average molecular weight is 272 g/mol. The number of nitrogens with two attached hydrogens (primary N) is 1. The molecule has 0 aliphatic carbocycles. The van der Waals surface area contributed by atoms with E-state index in [1.165, 1.54) is 10.4 Å². The quantitative estimate of drug-likeness (QED) is 0.651. The normalized spacial score (nSPS) is 14.3. The monoisotopic (exact) mass is 272 g/mol. The van der Waals surface area contributed by atoms with E-state index in [0.717, 1.165) is 36.6 Å². The Balaban J connectivity index is 1.99. The number of amidine groups is 1. The van der Waals surface area contributed by atoms with Crippen molar-refractivity contribution in [1.29, 1.82) is 5.41 Å². The molecule has 0 unspecified atom stereocenters. The fourth-order valence-corrected chi connectivity index (χ4v) is 3.31. The summed E-state index contributed by atoms with van der Waals surface area (Å²) in [6.07, 6.45) is 1.04. The minimum atomic E-state index is 0.0821. The predicted octanol–water partition coefficient (Wildman–Crippen LogP) is 2.30. The van der Waals surface area contributed by atoms with Gasteiger partial charge in [0.1, 0.15) is 11.7 Å². The molecule has 3 heterocycles. The molecule has 0 saturated heterocycles. The van der Waals surface area contributed by atoms with Crippen molar-refractivity contribution in [1.82, 2.24) is 4.98 Å². The zero-order chi connectivity index (χ0) is 13.4. The van der Waals surface area contributed by atoms with E-state index in [1.54, 1.807) is 0 Å². The molecule has 1 aliphatic heterocycles. The number of nitrogens with one attached hydrogen (secondary N) is 1. The van der Waals surface area contributed by atoms with Gasteiger partial charge in [-0.05, 0) is 42.5 Å². The van der Waals surface area contributed by atoms with Crippen LogP contribution in [0.25, 0.3) is 0 Å². The van der Waals surface area contributed by atoms with Crippen molar-refractivity contribution in [3.63, 3.8) is 0 Å². The first-order valence-corrected chi connectivity index (χ1v) is 7.15. The number of aromatic nitrogens is 1. The van der Waals surface area contributed by atoms with E-state index in [0.29, 0.717) is 0 Å². The van der Waals surface area contributed by atoms with Crippen LogP contribution in [0.4, 0.5) is 5.82 Å². The molecule has 0 amide bonds. The second-order valence-corrected chi connectivity index (χ2v) is 5.78. The molecule has 0 bridgehead atoms. The van der Waals surface area contributed by atoms with E-state index in [2.05, 4.69) is 21.3 Å². The standard InChI is InChI=1S/C14H16N4S/c1-9-2-3-11(13(15)16)14(17-9)18-6-4-12-10(8-18)5-7-19-12/h2-3,5,7H,4,6,8H2,1H3,(H3,15,16). The minimum absolute atomic E-state index is 0.0821. The zero-order valence-corrected chi connectivity index (χ0v) is 11.6. The van der Waals surface area contributed by atoms with Crippen LogP contribution in [-0.4, -0.2) is 17.4 Å². The van der Waals surface area contributed by atoms with E-state index in [4.69, 9.17) is 11.1 Å². The second kappa shape index (κ2) is 4.66. The Morgan fingerprint density at radius 2 is 2.26 bits per heavy atom. The van der Waals surface area contributed by atoms with E-state index < -0.39 is 0 Å². The van der Waals surface area contributed by atoms with Gasteiger partial charge in [0.15, 0.2) is 0 Å². The highest BCUT2D eigenvalue weighted by atomic mass is 32.1. The number of nitrogen functional groups attached to an aromatic ring is 1. The minimum Gasteiger partial charge on any atom is -0.384 e.